The minimum Gasteiger partial charge on any atom is -0.497 e. The molecule has 10 rings (SSSR count). The molecule has 0 heterocycles. The third-order valence-electron chi connectivity index (χ3n) is 15.7. The van der Waals surface area contributed by atoms with E-state index in [0.29, 0.717) is 93.1 Å². The van der Waals surface area contributed by atoms with E-state index in [0.717, 1.165) is 68.5 Å². The molecular formula is C80H104O16S7. The smallest absolute Gasteiger partial charge is 0.161 e. The molecule has 0 N–H and O–H groups in total. The predicted octanol–water partition coefficient (Wildman–Crippen LogP) is 16.8. The Morgan fingerprint density at radius 3 is 1.57 bits per heavy atom. The van der Waals surface area contributed by atoms with E-state index in [9.17, 15) is 29.5 Å². The maximum atomic E-state index is 12.4. The summed E-state index contributed by atoms with van der Waals surface area (Å²) in [7, 11) is 1.72. The average molecular weight is 1560 g/mol. The fourth-order valence-electron chi connectivity index (χ4n) is 10.6. The monoisotopic (exact) mass is 1560 g/mol. The van der Waals surface area contributed by atoms with Gasteiger partial charge in [-0.15, -0.1) is 0 Å². The van der Waals surface area contributed by atoms with Crippen molar-refractivity contribution in [2.75, 3.05) is 105 Å². The number of rotatable bonds is 21. The van der Waals surface area contributed by atoms with Crippen molar-refractivity contribution in [2.45, 2.75) is 122 Å². The molecule has 0 radical (unpaired) electrons. The molecule has 1 aliphatic rings. The second-order valence-corrected chi connectivity index (χ2v) is 31.1. The molecule has 23 heteroatoms. The van der Waals surface area contributed by atoms with Gasteiger partial charge in [0.1, 0.15) is 40.2 Å². The van der Waals surface area contributed by atoms with Gasteiger partial charge in [0.2, 0.25) is 0 Å². The third-order valence-corrected chi connectivity index (χ3v) is 22.5. The topological polar surface area (TPSA) is 203 Å². The minimum atomic E-state index is -2.59. The van der Waals surface area contributed by atoms with Gasteiger partial charge >= 0.3 is 0 Å². The van der Waals surface area contributed by atoms with Gasteiger partial charge in [-0.2, -0.15) is 0 Å². The van der Waals surface area contributed by atoms with Crippen molar-refractivity contribution in [3.8, 4) is 51.7 Å². The van der Waals surface area contributed by atoms with E-state index < -0.39 is 111 Å². The molecule has 9 aromatic rings. The standard InChI is InChI=1S/C15H18O3S.C14H20O2S.C13H14O2S.C10H14O3S.C10H14O2S.2C9H12O2S/c1-5-10-6-13-12(14(7-10)18-3)8-11(17-2)9-15(13)19(4)16;1-9-5-10(2)12-7-11(16-3)8-14(17(4)15)13(12)6-9;1-9-10-6-4-5-7-11(10)12(15-2)8-13(9)16(3)14;1-4-14(11)8-5-6-9(12-2)10(7-8)13-3;1-4-13(11)10-7-8(2)5-6-9(10)12-3;1-3-12(10)9-6-4-5-8(7-9)11-2;1-3-12(10)9-7-5-4-6-8(9)11-2/h6-9H,5H2,1-4H3;7-10H,5-6H2,1-4H3;4-8H,1-3H3;5-7H,4H2,1-3H3;5-7H,4H2,1-3H3;2*4-7H,3H2,1-2H3/i4+1D2H;4DH2;3+1;4DH;4+1DH;3+1D2;3DH/t;;;4-,14?;4-,13?;;3-,12?/m...10.1/s1. The van der Waals surface area contributed by atoms with E-state index in [1.165, 1.54) is 82.5 Å². The molecule has 0 fully saturated rings. The highest BCUT2D eigenvalue weighted by Crippen LogP contribution is 2.40. The Morgan fingerprint density at radius 2 is 1.00 bits per heavy atom. The number of fused-ring (bicyclic) bond motifs is 3. The second kappa shape index (κ2) is 45.2. The van der Waals surface area contributed by atoms with Crippen molar-refractivity contribution < 1.29 is 91.3 Å². The van der Waals surface area contributed by atoms with E-state index >= 15 is 0 Å². The zero-order valence-electron chi connectivity index (χ0n) is 75.6. The maximum absolute atomic E-state index is 12.4. The summed E-state index contributed by atoms with van der Waals surface area (Å²) in [5.41, 5.74) is -2.03. The van der Waals surface area contributed by atoms with Crippen LogP contribution < -0.4 is 42.6 Å². The molecule has 12 atom stereocenters. The van der Waals surface area contributed by atoms with Crippen LogP contribution in [0, 0.1) is 19.8 Å². The Balaban J connectivity index is 0.000000289. The van der Waals surface area contributed by atoms with Gasteiger partial charge in [-0.1, -0.05) is 97.0 Å². The molecule has 16 nitrogen and oxygen atoms in total. The molecule has 0 saturated carbocycles. The van der Waals surface area contributed by atoms with E-state index in [1.807, 2.05) is 75.4 Å². The lowest BCUT2D eigenvalue weighted by Crippen LogP contribution is -2.17. The van der Waals surface area contributed by atoms with Crippen LogP contribution in [0.2, 0.25) is 0 Å². The van der Waals surface area contributed by atoms with E-state index in [-0.39, 0.29) is 4.90 Å². The lowest BCUT2D eigenvalue weighted by Gasteiger charge is -2.29. The molecule has 9 unspecified atom stereocenters. The summed E-state index contributed by atoms with van der Waals surface area (Å²) in [6.07, 6.45) is -0.797. The Kier molecular flexibility index (Phi) is 29.7. The molecule has 0 bridgehead atoms. The van der Waals surface area contributed by atoms with Crippen molar-refractivity contribution in [1.29, 1.82) is 0 Å². The molecule has 0 aliphatic heterocycles. The van der Waals surface area contributed by atoms with E-state index in [1.54, 1.807) is 113 Å². The van der Waals surface area contributed by atoms with Crippen molar-refractivity contribution in [3.05, 3.63) is 179 Å². The zero-order valence-corrected chi connectivity index (χ0v) is 67.3. The lowest BCUT2D eigenvalue weighted by molar-refractivity contribution is 0.354. The molecule has 0 aromatic heterocycles. The van der Waals surface area contributed by atoms with Gasteiger partial charge in [0, 0.05) is 102 Å². The molecule has 9 aromatic carbocycles. The minimum absolute atomic E-state index is 0.239. The Hall–Kier alpha value is -7.25. The number of ether oxygens (including phenoxy) is 9. The summed E-state index contributed by atoms with van der Waals surface area (Å²) < 4.78 is 233. The summed E-state index contributed by atoms with van der Waals surface area (Å²) in [5.74, 6) is 5.69. The molecular weight excluding hydrogens is 1450 g/mol. The number of aryl methyl sites for hydroxylation is 3. The molecule has 562 valence electrons. The van der Waals surface area contributed by atoms with Gasteiger partial charge in [-0.05, 0) is 175 Å². The van der Waals surface area contributed by atoms with Crippen LogP contribution in [0.3, 0.4) is 0 Å². The predicted molar refractivity (Wildman–Crippen MR) is 429 cm³/mol. The Bertz CT molecular complexity index is 5030. The first-order valence-corrected chi connectivity index (χ1v) is 40.3. The highest BCUT2D eigenvalue weighted by Gasteiger charge is 2.26. The van der Waals surface area contributed by atoms with Crippen LogP contribution in [0.25, 0.3) is 21.5 Å². The maximum Gasteiger partial charge on any atom is 0.161 e. The highest BCUT2D eigenvalue weighted by molar-refractivity contribution is 7.86. The van der Waals surface area contributed by atoms with Crippen LogP contribution in [-0.2, 0) is 88.4 Å². The van der Waals surface area contributed by atoms with Gasteiger partial charge in [0.15, 0.2) is 11.5 Å². The first-order valence-electron chi connectivity index (χ1n) is 38.8. The van der Waals surface area contributed by atoms with Crippen molar-refractivity contribution in [2.24, 2.45) is 5.92 Å². The number of methoxy groups -OCH3 is 9. The normalized spacial score (nSPS) is 18.8. The first kappa shape index (κ1) is 67.6. The zero-order chi connectivity index (χ0) is 88.8. The van der Waals surface area contributed by atoms with Gasteiger partial charge in [-0.25, -0.2) is 0 Å². The number of benzene rings is 9. The summed E-state index contributed by atoms with van der Waals surface area (Å²) >= 11 is 0. The quantitative estimate of drug-likeness (QED) is 0.0614. The van der Waals surface area contributed by atoms with Crippen LogP contribution in [0.15, 0.2) is 186 Å². The van der Waals surface area contributed by atoms with Crippen molar-refractivity contribution in [1.82, 2.24) is 0 Å². The van der Waals surface area contributed by atoms with E-state index in [2.05, 4.69) is 13.8 Å². The van der Waals surface area contributed by atoms with Gasteiger partial charge in [-0.3, -0.25) is 29.5 Å². The number of hydrogen-bond acceptors (Lipinski definition) is 16. The number of para-hydroxylation sites is 1. The Labute approximate surface area is 648 Å². The molecule has 0 saturated heterocycles. The number of hydrogen-bond donors (Lipinski definition) is 0. The van der Waals surface area contributed by atoms with Gasteiger partial charge < -0.3 is 42.6 Å². The summed E-state index contributed by atoms with van der Waals surface area (Å²) in [5, 5.41) is 3.47. The summed E-state index contributed by atoms with van der Waals surface area (Å²) in [4.78, 5) is 3.12. The molecule has 0 amide bonds. The third kappa shape index (κ3) is 25.5. The van der Waals surface area contributed by atoms with E-state index in [4.69, 9.17) is 61.8 Å². The molecule has 0 spiro atoms. The largest absolute Gasteiger partial charge is 0.497 e. The van der Waals surface area contributed by atoms with Crippen LogP contribution >= 0.6 is 0 Å². The fraction of sp³-hybridized carbons (Fsp3) is 0.375. The first-order chi connectivity index (χ1) is 54.4. The Morgan fingerprint density at radius 1 is 0.447 bits per heavy atom. The lowest BCUT2D eigenvalue weighted by atomic mass is 9.78. The summed E-state index contributed by atoms with van der Waals surface area (Å²) in [6.45, 7) is 15.3. The molecule has 103 heavy (non-hydrogen) atoms. The molecule has 1 aliphatic carbocycles. The van der Waals surface area contributed by atoms with Crippen LogP contribution in [-0.4, -0.2) is 135 Å². The second-order valence-electron chi connectivity index (χ2n) is 22.1. The summed E-state index contributed by atoms with van der Waals surface area (Å²) in [6, 6.07) is 43.8. The van der Waals surface area contributed by atoms with Crippen LogP contribution in [0.5, 0.6) is 51.7 Å². The van der Waals surface area contributed by atoms with Gasteiger partial charge in [0.25, 0.3) is 0 Å². The van der Waals surface area contributed by atoms with Crippen molar-refractivity contribution >= 4 is 97.1 Å². The van der Waals surface area contributed by atoms with Crippen LogP contribution in [0.4, 0.5) is 0 Å². The van der Waals surface area contributed by atoms with Crippen LogP contribution in [0.1, 0.15) is 108 Å². The fourth-order valence-corrected chi connectivity index (χ4v) is 15.5. The average Bonchev–Trinajstić information content (AvgIpc) is 0.783. The van der Waals surface area contributed by atoms with Gasteiger partial charge in [0.05, 0.1) is 154 Å². The highest BCUT2D eigenvalue weighted by atomic mass is 32.2. The SMILES string of the molecule is COc1cc(S([13CH3])=O)c(C)c2ccccc12.[1H]C([1H])([2H])S(=O)c1cc(OC)cc2c1CC(C)CC2C.[1H][13C@]([2H])(C)S(=O)c1cc(C)ccc1OC.[1H][13C]([2H])([2H])S(=O)c1cc(OC)cc2c(OC)cc(CC)cc12.[1H][C@@]([2H])(C)S(=O)c1ccc(OC)c(OC)c1.[1H][C@@]([2H])(C)S(=O)c1ccccc1OC.[2H][13C]([2H])(C)S(=O)c1cccc(OC)c1. The van der Waals surface area contributed by atoms with Crippen molar-refractivity contribution in [3.63, 3.8) is 0 Å².